The quantitative estimate of drug-likeness (QED) is 0.795. The lowest BCUT2D eigenvalue weighted by Gasteiger charge is -2.57. The summed E-state index contributed by atoms with van der Waals surface area (Å²) in [5.74, 6) is 2.04. The van der Waals surface area contributed by atoms with Crippen molar-refractivity contribution < 1.29 is 9.90 Å². The van der Waals surface area contributed by atoms with Crippen LogP contribution in [0.1, 0.15) is 73.1 Å². The largest absolute Gasteiger partial charge is 0.396 e. The highest BCUT2D eigenvalue weighted by atomic mass is 16.3. The maximum atomic E-state index is 12.2. The summed E-state index contributed by atoms with van der Waals surface area (Å²) in [6, 6.07) is 0. The van der Waals surface area contributed by atoms with Crippen molar-refractivity contribution in [2.45, 2.75) is 73.1 Å². The highest BCUT2D eigenvalue weighted by molar-refractivity contribution is 5.92. The molecule has 1 fully saturated rings. The molecule has 0 radical (unpaired) electrons. The zero-order chi connectivity index (χ0) is 16.5. The summed E-state index contributed by atoms with van der Waals surface area (Å²) in [5.41, 5.74) is 1.74. The Bertz CT molecular complexity index is 453. The topological polar surface area (TPSA) is 37.3 Å². The molecule has 0 saturated heterocycles. The predicted molar refractivity (Wildman–Crippen MR) is 91.6 cm³/mol. The number of hydrogen-bond acceptors (Lipinski definition) is 2. The van der Waals surface area contributed by atoms with Gasteiger partial charge in [0.1, 0.15) is 0 Å². The Kier molecular flexibility index (Phi) is 5.21. The third-order valence-electron chi connectivity index (χ3n) is 7.27. The van der Waals surface area contributed by atoms with Crippen LogP contribution in [0.4, 0.5) is 0 Å². The van der Waals surface area contributed by atoms with Gasteiger partial charge in [0.25, 0.3) is 0 Å². The van der Waals surface area contributed by atoms with E-state index in [4.69, 9.17) is 5.11 Å². The number of fused-ring (bicyclic) bond motifs is 1. The standard InChI is InChI=1S/C20H34O2/c1-14(8-11-21)6-9-19(4)15(2)7-10-20(5)16(3)12-17(22)13-18(19)20/h12,14-15,18,21H,6-11,13H2,1-5H3/t14-,15+,18+,19-,20-/m0/s1. The Morgan fingerprint density at radius 1 is 1.36 bits per heavy atom. The maximum absolute atomic E-state index is 12.2. The van der Waals surface area contributed by atoms with Crippen molar-refractivity contribution in [2.24, 2.45) is 28.6 Å². The van der Waals surface area contributed by atoms with Gasteiger partial charge in [-0.05, 0) is 67.3 Å². The van der Waals surface area contributed by atoms with Gasteiger partial charge in [-0.2, -0.15) is 0 Å². The number of aliphatic hydroxyl groups is 1. The SMILES string of the molecule is CC1=CC(=O)C[C@@H]2[C@@](C)(CC[C@H](C)CCO)[C@H](C)CC[C@@]12C. The molecule has 0 aromatic heterocycles. The molecular formula is C20H34O2. The summed E-state index contributed by atoms with van der Waals surface area (Å²) in [5, 5.41) is 9.14. The van der Waals surface area contributed by atoms with Gasteiger partial charge >= 0.3 is 0 Å². The van der Waals surface area contributed by atoms with Crippen LogP contribution in [-0.4, -0.2) is 17.5 Å². The van der Waals surface area contributed by atoms with Gasteiger partial charge in [-0.1, -0.05) is 39.7 Å². The summed E-state index contributed by atoms with van der Waals surface area (Å²) in [7, 11) is 0. The molecule has 0 unspecified atom stereocenters. The lowest BCUT2D eigenvalue weighted by Crippen LogP contribution is -2.51. The summed E-state index contributed by atoms with van der Waals surface area (Å²) < 4.78 is 0. The minimum atomic E-state index is 0.204. The molecule has 2 aliphatic carbocycles. The highest BCUT2D eigenvalue weighted by Gasteiger charge is 2.54. The third kappa shape index (κ3) is 3.04. The normalized spacial score (nSPS) is 40.1. The number of rotatable bonds is 5. The minimum absolute atomic E-state index is 0.204. The molecule has 1 saturated carbocycles. The summed E-state index contributed by atoms with van der Waals surface area (Å²) >= 11 is 0. The van der Waals surface area contributed by atoms with E-state index in [2.05, 4.69) is 34.6 Å². The number of aliphatic hydroxyl groups excluding tert-OH is 1. The molecule has 126 valence electrons. The van der Waals surface area contributed by atoms with E-state index in [0.717, 1.165) is 19.3 Å². The van der Waals surface area contributed by atoms with Crippen molar-refractivity contribution in [3.8, 4) is 0 Å². The van der Waals surface area contributed by atoms with Crippen LogP contribution in [0.5, 0.6) is 0 Å². The Labute approximate surface area is 136 Å². The van der Waals surface area contributed by atoms with E-state index < -0.39 is 0 Å². The number of hydrogen-bond donors (Lipinski definition) is 1. The number of allylic oxidation sites excluding steroid dienone is 2. The number of ketones is 1. The monoisotopic (exact) mass is 306 g/mol. The van der Waals surface area contributed by atoms with Crippen LogP contribution in [-0.2, 0) is 4.79 Å². The van der Waals surface area contributed by atoms with E-state index in [0.29, 0.717) is 23.5 Å². The molecule has 1 N–H and O–H groups in total. The predicted octanol–water partition coefficient (Wildman–Crippen LogP) is 4.76. The van der Waals surface area contributed by atoms with Gasteiger partial charge in [0.15, 0.2) is 5.78 Å². The van der Waals surface area contributed by atoms with Crippen molar-refractivity contribution in [1.82, 2.24) is 0 Å². The van der Waals surface area contributed by atoms with Crippen LogP contribution in [0.15, 0.2) is 11.6 Å². The zero-order valence-corrected chi connectivity index (χ0v) is 15.1. The van der Waals surface area contributed by atoms with E-state index in [1.807, 2.05) is 6.08 Å². The van der Waals surface area contributed by atoms with Gasteiger partial charge < -0.3 is 5.11 Å². The first-order valence-corrected chi connectivity index (χ1v) is 9.06. The smallest absolute Gasteiger partial charge is 0.155 e. The fourth-order valence-electron chi connectivity index (χ4n) is 5.03. The van der Waals surface area contributed by atoms with Crippen molar-refractivity contribution in [3.05, 3.63) is 11.6 Å². The molecule has 2 nitrogen and oxygen atoms in total. The van der Waals surface area contributed by atoms with E-state index >= 15 is 0 Å². The molecule has 2 aliphatic rings. The second-order valence-electron chi connectivity index (χ2n) is 8.57. The summed E-state index contributed by atoms with van der Waals surface area (Å²) in [6.45, 7) is 11.9. The van der Waals surface area contributed by atoms with Crippen LogP contribution in [0.3, 0.4) is 0 Å². The third-order valence-corrected chi connectivity index (χ3v) is 7.27. The lowest BCUT2D eigenvalue weighted by atomic mass is 9.46. The minimum Gasteiger partial charge on any atom is -0.396 e. The highest BCUT2D eigenvalue weighted by Crippen LogP contribution is 2.61. The molecule has 0 heterocycles. The first-order valence-electron chi connectivity index (χ1n) is 9.06. The second-order valence-corrected chi connectivity index (χ2v) is 8.57. The fraction of sp³-hybridized carbons (Fsp3) is 0.850. The van der Waals surface area contributed by atoms with Crippen LogP contribution < -0.4 is 0 Å². The molecule has 0 amide bonds. The van der Waals surface area contributed by atoms with Gasteiger partial charge in [0.2, 0.25) is 0 Å². The van der Waals surface area contributed by atoms with Crippen LogP contribution in [0.25, 0.3) is 0 Å². The summed E-state index contributed by atoms with van der Waals surface area (Å²) in [6.07, 6.45) is 8.34. The van der Waals surface area contributed by atoms with E-state index in [1.165, 1.54) is 24.8 Å². The van der Waals surface area contributed by atoms with Gasteiger partial charge in [0.05, 0.1) is 0 Å². The Hall–Kier alpha value is -0.630. The molecule has 2 rings (SSSR count). The lowest BCUT2D eigenvalue weighted by molar-refractivity contribution is -0.123. The molecule has 22 heavy (non-hydrogen) atoms. The van der Waals surface area contributed by atoms with Crippen molar-refractivity contribution in [2.75, 3.05) is 6.61 Å². The first kappa shape index (κ1) is 17.7. The Morgan fingerprint density at radius 3 is 2.68 bits per heavy atom. The van der Waals surface area contributed by atoms with E-state index in [1.54, 1.807) is 0 Å². The second kappa shape index (κ2) is 6.47. The molecule has 0 aromatic carbocycles. The maximum Gasteiger partial charge on any atom is 0.155 e. The molecule has 0 aromatic rings. The van der Waals surface area contributed by atoms with Crippen LogP contribution in [0, 0.1) is 28.6 Å². The Balaban J connectivity index is 2.24. The van der Waals surface area contributed by atoms with Gasteiger partial charge in [0, 0.05) is 13.0 Å². The van der Waals surface area contributed by atoms with Crippen molar-refractivity contribution in [1.29, 1.82) is 0 Å². The fourth-order valence-corrected chi connectivity index (χ4v) is 5.03. The molecule has 0 spiro atoms. The average molecular weight is 306 g/mol. The molecule has 5 atom stereocenters. The molecular weight excluding hydrogens is 272 g/mol. The molecule has 0 aliphatic heterocycles. The van der Waals surface area contributed by atoms with Crippen LogP contribution in [0.2, 0.25) is 0 Å². The van der Waals surface area contributed by atoms with Gasteiger partial charge in [-0.3, -0.25) is 4.79 Å². The zero-order valence-electron chi connectivity index (χ0n) is 15.1. The average Bonchev–Trinajstić information content (AvgIpc) is 2.45. The van der Waals surface area contributed by atoms with Crippen LogP contribution >= 0.6 is 0 Å². The van der Waals surface area contributed by atoms with E-state index in [9.17, 15) is 4.79 Å². The van der Waals surface area contributed by atoms with E-state index in [-0.39, 0.29) is 17.4 Å². The Morgan fingerprint density at radius 2 is 2.05 bits per heavy atom. The van der Waals surface area contributed by atoms with Crippen molar-refractivity contribution >= 4 is 5.78 Å². The van der Waals surface area contributed by atoms with Gasteiger partial charge in [-0.25, -0.2) is 0 Å². The summed E-state index contributed by atoms with van der Waals surface area (Å²) in [4.78, 5) is 12.2. The first-order chi connectivity index (χ1) is 10.2. The number of carbonyl (C=O) groups is 1. The molecule has 0 bridgehead atoms. The van der Waals surface area contributed by atoms with Gasteiger partial charge in [-0.15, -0.1) is 0 Å². The molecule has 2 heteroatoms. The van der Waals surface area contributed by atoms with Crippen molar-refractivity contribution in [3.63, 3.8) is 0 Å². The number of carbonyl (C=O) groups excluding carboxylic acids is 1.